The summed E-state index contributed by atoms with van der Waals surface area (Å²) in [5.74, 6) is 3.73. The molecule has 2 N–H and O–H groups in total. The standard InChI is InChI=1S/C12H22N2OS/c1-9-6-11(2-4-13-9)12(15)14-7-10-3-5-16-8-10/h9-11,13H,2-8H2,1H3,(H,14,15). The van der Waals surface area contributed by atoms with Crippen LogP contribution in [0, 0.1) is 11.8 Å². The first kappa shape index (κ1) is 12.2. The summed E-state index contributed by atoms with van der Waals surface area (Å²) in [4.78, 5) is 12.0. The molecule has 0 aromatic rings. The Morgan fingerprint density at radius 1 is 1.50 bits per heavy atom. The molecule has 4 heteroatoms. The van der Waals surface area contributed by atoms with E-state index in [0.717, 1.165) is 25.9 Å². The molecule has 2 saturated heterocycles. The Kier molecular flexibility index (Phi) is 4.53. The lowest BCUT2D eigenvalue weighted by Gasteiger charge is -2.27. The number of hydrogen-bond donors (Lipinski definition) is 2. The zero-order chi connectivity index (χ0) is 11.4. The first-order valence-corrected chi connectivity index (χ1v) is 7.50. The highest BCUT2D eigenvalue weighted by Gasteiger charge is 2.25. The highest BCUT2D eigenvalue weighted by molar-refractivity contribution is 7.99. The van der Waals surface area contributed by atoms with E-state index in [-0.39, 0.29) is 11.8 Å². The van der Waals surface area contributed by atoms with Crippen LogP contribution in [0.3, 0.4) is 0 Å². The number of rotatable bonds is 3. The molecule has 2 aliphatic rings. The Hall–Kier alpha value is -0.220. The summed E-state index contributed by atoms with van der Waals surface area (Å²) in [6.45, 7) is 4.04. The van der Waals surface area contributed by atoms with Crippen LogP contribution in [0.2, 0.25) is 0 Å². The van der Waals surface area contributed by atoms with Crippen LogP contribution in [0.1, 0.15) is 26.2 Å². The van der Waals surface area contributed by atoms with Crippen LogP contribution < -0.4 is 10.6 Å². The lowest BCUT2D eigenvalue weighted by molar-refractivity contribution is -0.126. The number of thioether (sulfide) groups is 1. The van der Waals surface area contributed by atoms with Crippen LogP contribution in [-0.4, -0.2) is 36.5 Å². The Balaban J connectivity index is 1.70. The van der Waals surface area contributed by atoms with Gasteiger partial charge in [0.25, 0.3) is 0 Å². The molecular formula is C12H22N2OS. The molecule has 0 bridgehead atoms. The molecular weight excluding hydrogens is 220 g/mol. The van der Waals surface area contributed by atoms with Gasteiger partial charge in [0.15, 0.2) is 0 Å². The molecule has 2 heterocycles. The number of nitrogens with one attached hydrogen (secondary N) is 2. The smallest absolute Gasteiger partial charge is 0.223 e. The lowest BCUT2D eigenvalue weighted by atomic mass is 9.92. The van der Waals surface area contributed by atoms with Crippen molar-refractivity contribution in [1.29, 1.82) is 0 Å². The second-order valence-corrected chi connectivity index (χ2v) is 6.20. The largest absolute Gasteiger partial charge is 0.356 e. The van der Waals surface area contributed by atoms with Crippen LogP contribution in [0.5, 0.6) is 0 Å². The van der Waals surface area contributed by atoms with Crippen molar-refractivity contribution >= 4 is 17.7 Å². The van der Waals surface area contributed by atoms with Crippen molar-refractivity contribution < 1.29 is 4.79 Å². The van der Waals surface area contributed by atoms with Crippen LogP contribution in [0.25, 0.3) is 0 Å². The predicted octanol–water partition coefficient (Wildman–Crippen LogP) is 1.24. The average Bonchev–Trinajstić information content (AvgIpc) is 2.78. The predicted molar refractivity (Wildman–Crippen MR) is 68.6 cm³/mol. The third-order valence-corrected chi connectivity index (χ3v) is 4.81. The Morgan fingerprint density at radius 3 is 3.06 bits per heavy atom. The van der Waals surface area contributed by atoms with Gasteiger partial charge in [0.05, 0.1) is 0 Å². The Morgan fingerprint density at radius 2 is 2.38 bits per heavy atom. The minimum absolute atomic E-state index is 0.241. The fourth-order valence-corrected chi connectivity index (χ4v) is 3.79. The normalized spacial score (nSPS) is 34.9. The van der Waals surface area contributed by atoms with Gasteiger partial charge in [-0.25, -0.2) is 0 Å². The monoisotopic (exact) mass is 242 g/mol. The fourth-order valence-electron chi connectivity index (χ4n) is 2.50. The number of carbonyl (C=O) groups is 1. The van der Waals surface area contributed by atoms with E-state index >= 15 is 0 Å². The van der Waals surface area contributed by atoms with Gasteiger partial charge in [0.2, 0.25) is 5.91 Å². The summed E-state index contributed by atoms with van der Waals surface area (Å²) in [5.41, 5.74) is 0. The van der Waals surface area contributed by atoms with E-state index in [1.54, 1.807) is 0 Å². The molecule has 92 valence electrons. The molecule has 2 aliphatic heterocycles. The van der Waals surface area contributed by atoms with Crippen molar-refractivity contribution in [2.75, 3.05) is 24.6 Å². The molecule has 2 fully saturated rings. The first-order chi connectivity index (χ1) is 7.75. The van der Waals surface area contributed by atoms with Crippen molar-refractivity contribution in [1.82, 2.24) is 10.6 Å². The molecule has 3 atom stereocenters. The van der Waals surface area contributed by atoms with Crippen LogP contribution >= 0.6 is 11.8 Å². The molecule has 2 rings (SSSR count). The number of piperidine rings is 1. The maximum absolute atomic E-state index is 12.0. The highest BCUT2D eigenvalue weighted by Crippen LogP contribution is 2.23. The van der Waals surface area contributed by atoms with Gasteiger partial charge in [-0.15, -0.1) is 0 Å². The SMILES string of the molecule is CC1CC(C(=O)NCC2CCSC2)CCN1. The molecule has 3 nitrogen and oxygen atoms in total. The van der Waals surface area contributed by atoms with Crippen molar-refractivity contribution in [2.45, 2.75) is 32.2 Å². The Bertz CT molecular complexity index is 241. The fraction of sp³-hybridized carbons (Fsp3) is 0.917. The van der Waals surface area contributed by atoms with Gasteiger partial charge in [-0.1, -0.05) is 0 Å². The molecule has 0 aromatic carbocycles. The van der Waals surface area contributed by atoms with E-state index in [9.17, 15) is 4.79 Å². The second-order valence-electron chi connectivity index (χ2n) is 5.05. The lowest BCUT2D eigenvalue weighted by Crippen LogP contribution is -2.43. The number of carbonyl (C=O) groups excluding carboxylic acids is 1. The molecule has 0 radical (unpaired) electrons. The third kappa shape index (κ3) is 3.39. The van der Waals surface area contributed by atoms with Crippen molar-refractivity contribution in [3.63, 3.8) is 0 Å². The molecule has 1 amide bonds. The number of hydrogen-bond acceptors (Lipinski definition) is 3. The second kappa shape index (κ2) is 5.92. The molecule has 3 unspecified atom stereocenters. The van der Waals surface area contributed by atoms with E-state index in [1.165, 1.54) is 17.9 Å². The maximum Gasteiger partial charge on any atom is 0.223 e. The van der Waals surface area contributed by atoms with Crippen molar-refractivity contribution in [3.05, 3.63) is 0 Å². The van der Waals surface area contributed by atoms with E-state index in [2.05, 4.69) is 17.6 Å². The van der Waals surface area contributed by atoms with Crippen molar-refractivity contribution in [2.24, 2.45) is 11.8 Å². The van der Waals surface area contributed by atoms with Gasteiger partial charge in [-0.05, 0) is 50.2 Å². The molecule has 0 saturated carbocycles. The van der Waals surface area contributed by atoms with Gasteiger partial charge < -0.3 is 10.6 Å². The summed E-state index contributed by atoms with van der Waals surface area (Å²) in [7, 11) is 0. The van der Waals surface area contributed by atoms with Gasteiger partial charge in [-0.2, -0.15) is 11.8 Å². The van der Waals surface area contributed by atoms with E-state index in [0.29, 0.717) is 12.0 Å². The number of amides is 1. The molecule has 16 heavy (non-hydrogen) atoms. The molecule has 0 aromatic heterocycles. The van der Waals surface area contributed by atoms with E-state index < -0.39 is 0 Å². The summed E-state index contributed by atoms with van der Waals surface area (Å²) in [5, 5.41) is 6.52. The van der Waals surface area contributed by atoms with Crippen LogP contribution in [-0.2, 0) is 4.79 Å². The van der Waals surface area contributed by atoms with E-state index in [4.69, 9.17) is 0 Å². The van der Waals surface area contributed by atoms with Crippen LogP contribution in [0.15, 0.2) is 0 Å². The zero-order valence-corrected chi connectivity index (χ0v) is 10.8. The topological polar surface area (TPSA) is 41.1 Å². The average molecular weight is 242 g/mol. The van der Waals surface area contributed by atoms with Gasteiger partial charge in [-0.3, -0.25) is 4.79 Å². The summed E-state index contributed by atoms with van der Waals surface area (Å²) in [6.07, 6.45) is 3.26. The quantitative estimate of drug-likeness (QED) is 0.782. The third-order valence-electron chi connectivity index (χ3n) is 3.58. The molecule has 0 spiro atoms. The van der Waals surface area contributed by atoms with Gasteiger partial charge >= 0.3 is 0 Å². The highest BCUT2D eigenvalue weighted by atomic mass is 32.2. The maximum atomic E-state index is 12.0. The zero-order valence-electron chi connectivity index (χ0n) is 10.00. The van der Waals surface area contributed by atoms with Crippen molar-refractivity contribution in [3.8, 4) is 0 Å². The minimum Gasteiger partial charge on any atom is -0.356 e. The minimum atomic E-state index is 0.241. The summed E-state index contributed by atoms with van der Waals surface area (Å²) < 4.78 is 0. The van der Waals surface area contributed by atoms with Gasteiger partial charge in [0, 0.05) is 18.5 Å². The van der Waals surface area contributed by atoms with Crippen LogP contribution in [0.4, 0.5) is 0 Å². The summed E-state index contributed by atoms with van der Waals surface area (Å²) in [6, 6.07) is 0.492. The van der Waals surface area contributed by atoms with Gasteiger partial charge in [0.1, 0.15) is 0 Å². The first-order valence-electron chi connectivity index (χ1n) is 6.34. The molecule has 0 aliphatic carbocycles. The Labute approximate surface area is 102 Å². The van der Waals surface area contributed by atoms with E-state index in [1.807, 2.05) is 11.8 Å². The summed E-state index contributed by atoms with van der Waals surface area (Å²) >= 11 is 2.01.